The molecule has 2 N–H and O–H groups in total. The predicted molar refractivity (Wildman–Crippen MR) is 111 cm³/mol. The summed E-state index contributed by atoms with van der Waals surface area (Å²) in [6, 6.07) is 8.59. The first kappa shape index (κ1) is 19.6. The zero-order chi connectivity index (χ0) is 21.6. The second-order valence-electron chi connectivity index (χ2n) is 8.11. The number of aromatic nitrogens is 3. The van der Waals surface area contributed by atoms with Crippen LogP contribution in [0.1, 0.15) is 42.0 Å². The van der Waals surface area contributed by atoms with Crippen molar-refractivity contribution < 1.29 is 8.78 Å². The van der Waals surface area contributed by atoms with Gasteiger partial charge in [0.2, 0.25) is 11.9 Å². The number of hydrogen-bond donors (Lipinski definition) is 2. The van der Waals surface area contributed by atoms with Gasteiger partial charge in [0.25, 0.3) is 5.56 Å². The summed E-state index contributed by atoms with van der Waals surface area (Å²) in [5.41, 5.74) is 2.87. The molecule has 0 saturated heterocycles. The summed E-state index contributed by atoms with van der Waals surface area (Å²) >= 11 is 0. The Morgan fingerprint density at radius 2 is 2.16 bits per heavy atom. The van der Waals surface area contributed by atoms with Gasteiger partial charge in [-0.3, -0.25) is 9.36 Å². The molecule has 1 aromatic carbocycles. The number of pyridine rings is 1. The van der Waals surface area contributed by atoms with E-state index < -0.39 is 23.9 Å². The van der Waals surface area contributed by atoms with E-state index in [-0.39, 0.29) is 30.0 Å². The Balaban J connectivity index is 1.57. The number of nitriles is 1. The molecule has 1 fully saturated rings. The molecule has 0 amide bonds. The van der Waals surface area contributed by atoms with Crippen LogP contribution in [-0.2, 0) is 13.0 Å². The summed E-state index contributed by atoms with van der Waals surface area (Å²) in [7, 11) is 0. The number of alkyl halides is 2. The van der Waals surface area contributed by atoms with Gasteiger partial charge in [-0.15, -0.1) is 0 Å². The van der Waals surface area contributed by atoms with Gasteiger partial charge in [-0.1, -0.05) is 6.07 Å². The molecule has 9 heteroatoms. The van der Waals surface area contributed by atoms with E-state index >= 15 is 0 Å². The number of anilines is 2. The van der Waals surface area contributed by atoms with Crippen LogP contribution in [0.5, 0.6) is 0 Å². The maximum absolute atomic E-state index is 13.9. The molecule has 3 aromatic rings. The van der Waals surface area contributed by atoms with E-state index in [1.54, 1.807) is 0 Å². The smallest absolute Gasteiger partial charge is 0.270 e. The largest absolute Gasteiger partial charge is 0.324 e. The first-order valence-electron chi connectivity index (χ1n) is 10.2. The Hall–Kier alpha value is -3.38. The molecule has 2 aromatic heterocycles. The van der Waals surface area contributed by atoms with Crippen molar-refractivity contribution >= 4 is 22.7 Å². The number of fused-ring (bicyclic) bond motifs is 2. The fourth-order valence-electron chi connectivity index (χ4n) is 4.43. The van der Waals surface area contributed by atoms with Crippen LogP contribution in [0.3, 0.4) is 0 Å². The highest BCUT2D eigenvalue weighted by Gasteiger charge is 2.41. The molecular formula is C22H20F2N6O. The van der Waals surface area contributed by atoms with Gasteiger partial charge >= 0.3 is 0 Å². The van der Waals surface area contributed by atoms with Crippen LogP contribution < -0.4 is 16.2 Å². The minimum absolute atomic E-state index is 0.102. The fraction of sp³-hybridized carbons (Fsp3) is 0.364. The van der Waals surface area contributed by atoms with Gasteiger partial charge in [-0.2, -0.15) is 10.2 Å². The summed E-state index contributed by atoms with van der Waals surface area (Å²) in [4.78, 5) is 21.6. The lowest BCUT2D eigenvalue weighted by Gasteiger charge is -2.19. The molecule has 31 heavy (non-hydrogen) atoms. The van der Waals surface area contributed by atoms with Crippen molar-refractivity contribution in [3.63, 3.8) is 0 Å². The highest BCUT2D eigenvalue weighted by molar-refractivity contribution is 5.77. The van der Waals surface area contributed by atoms with Gasteiger partial charge in [0.15, 0.2) is 0 Å². The number of hydrogen-bond acceptors (Lipinski definition) is 6. The van der Waals surface area contributed by atoms with E-state index in [4.69, 9.17) is 0 Å². The normalized spacial score (nSPS) is 19.7. The van der Waals surface area contributed by atoms with Crippen molar-refractivity contribution in [2.24, 2.45) is 0 Å². The van der Waals surface area contributed by atoms with Crippen molar-refractivity contribution in [3.8, 4) is 6.07 Å². The summed E-state index contributed by atoms with van der Waals surface area (Å²) in [5, 5.41) is 16.3. The van der Waals surface area contributed by atoms with Crippen molar-refractivity contribution in [2.75, 3.05) is 11.9 Å². The third kappa shape index (κ3) is 3.64. The fourth-order valence-corrected chi connectivity index (χ4v) is 4.43. The van der Waals surface area contributed by atoms with Crippen molar-refractivity contribution in [1.29, 1.82) is 5.26 Å². The minimum Gasteiger partial charge on any atom is -0.324 e. The standard InChI is InChI=1S/C22H20F2N6O/c23-22(24)5-3-18(9-22)30-19-16(7-15(10-25)20(30)31)12-27-21(29-19)28-17-2-1-14-11-26-6-4-13(14)8-17/h1-2,7-8,12,18,26H,3-6,9,11H2,(H,27,28,29). The molecule has 5 rings (SSSR count). The van der Waals surface area contributed by atoms with Gasteiger partial charge in [0.1, 0.15) is 17.3 Å². The molecule has 3 heterocycles. The quantitative estimate of drug-likeness (QED) is 0.672. The predicted octanol–water partition coefficient (Wildman–Crippen LogP) is 3.41. The molecule has 0 bridgehead atoms. The maximum atomic E-state index is 13.9. The van der Waals surface area contributed by atoms with Crippen LogP contribution in [0.2, 0.25) is 0 Å². The summed E-state index contributed by atoms with van der Waals surface area (Å²) in [5.74, 6) is -2.56. The number of rotatable bonds is 3. The van der Waals surface area contributed by atoms with Gasteiger partial charge in [0, 0.05) is 42.7 Å². The highest BCUT2D eigenvalue weighted by Crippen LogP contribution is 2.41. The minimum atomic E-state index is -2.83. The lowest BCUT2D eigenvalue weighted by atomic mass is 10.0. The Morgan fingerprint density at radius 3 is 2.94 bits per heavy atom. The van der Waals surface area contributed by atoms with Crippen molar-refractivity contribution in [3.05, 3.63) is 57.5 Å². The Morgan fingerprint density at radius 1 is 1.29 bits per heavy atom. The van der Waals surface area contributed by atoms with Gasteiger partial charge in [0.05, 0.1) is 0 Å². The first-order valence-corrected chi connectivity index (χ1v) is 10.2. The molecule has 0 radical (unpaired) electrons. The monoisotopic (exact) mass is 422 g/mol. The van der Waals surface area contributed by atoms with Crippen molar-refractivity contribution in [1.82, 2.24) is 19.9 Å². The Labute approximate surface area is 176 Å². The molecule has 1 atom stereocenters. The number of nitrogens with one attached hydrogen (secondary N) is 2. The van der Waals surface area contributed by atoms with E-state index in [1.165, 1.54) is 28.0 Å². The Kier molecular flexibility index (Phi) is 4.67. The van der Waals surface area contributed by atoms with Crippen molar-refractivity contribution in [2.45, 2.75) is 44.2 Å². The first-order chi connectivity index (χ1) is 14.9. The van der Waals surface area contributed by atoms with Gasteiger partial charge < -0.3 is 10.6 Å². The van der Waals surface area contributed by atoms with E-state index in [0.717, 1.165) is 25.2 Å². The summed E-state index contributed by atoms with van der Waals surface area (Å²) < 4.78 is 29.0. The Bertz CT molecular complexity index is 1280. The number of nitrogens with zero attached hydrogens (tertiary/aromatic N) is 4. The van der Waals surface area contributed by atoms with Crippen LogP contribution in [-0.4, -0.2) is 27.0 Å². The van der Waals surface area contributed by atoms with Crippen LogP contribution >= 0.6 is 0 Å². The number of halogens is 2. The number of benzene rings is 1. The van der Waals surface area contributed by atoms with E-state index in [1.807, 2.05) is 24.3 Å². The maximum Gasteiger partial charge on any atom is 0.270 e. The van der Waals surface area contributed by atoms with Crippen LogP contribution in [0.4, 0.5) is 20.4 Å². The van der Waals surface area contributed by atoms with E-state index in [0.29, 0.717) is 5.39 Å². The molecule has 1 unspecified atom stereocenters. The third-order valence-electron chi connectivity index (χ3n) is 5.99. The van der Waals surface area contributed by atoms with Gasteiger partial charge in [-0.25, -0.2) is 13.8 Å². The topological polar surface area (TPSA) is 95.6 Å². The molecule has 1 aliphatic carbocycles. The molecule has 1 saturated carbocycles. The van der Waals surface area contributed by atoms with Crippen LogP contribution in [0.15, 0.2) is 35.3 Å². The molecule has 0 spiro atoms. The SMILES string of the molecule is N#Cc1cc2cnc(Nc3ccc4c(c3)CCNC4)nc2n(C2CCC(F)(F)C2)c1=O. The second kappa shape index (κ2) is 7.39. The molecule has 158 valence electrons. The zero-order valence-corrected chi connectivity index (χ0v) is 16.7. The lowest BCUT2D eigenvalue weighted by molar-refractivity contribution is 0.00566. The van der Waals surface area contributed by atoms with Crippen LogP contribution in [0.25, 0.3) is 11.0 Å². The zero-order valence-electron chi connectivity index (χ0n) is 16.7. The van der Waals surface area contributed by atoms with Crippen LogP contribution in [0, 0.1) is 11.3 Å². The average molecular weight is 422 g/mol. The summed E-state index contributed by atoms with van der Waals surface area (Å²) in [6.45, 7) is 1.75. The molecule has 2 aliphatic rings. The molecular weight excluding hydrogens is 402 g/mol. The lowest BCUT2D eigenvalue weighted by Crippen LogP contribution is -2.27. The highest BCUT2D eigenvalue weighted by atomic mass is 19.3. The average Bonchev–Trinajstić information content (AvgIpc) is 3.12. The van der Waals surface area contributed by atoms with E-state index in [9.17, 15) is 18.8 Å². The molecule has 7 nitrogen and oxygen atoms in total. The third-order valence-corrected chi connectivity index (χ3v) is 5.99. The summed E-state index contributed by atoms with van der Waals surface area (Å²) in [6.07, 6.45) is 1.86. The molecule has 1 aliphatic heterocycles. The van der Waals surface area contributed by atoms with E-state index in [2.05, 4.69) is 20.6 Å². The second-order valence-corrected chi connectivity index (χ2v) is 8.11. The van der Waals surface area contributed by atoms with Gasteiger partial charge in [-0.05, 0) is 48.7 Å².